The third kappa shape index (κ3) is 2.64. The quantitative estimate of drug-likeness (QED) is 0.664. The Labute approximate surface area is 117 Å². The van der Waals surface area contributed by atoms with E-state index in [1.54, 1.807) is 6.07 Å². The lowest BCUT2D eigenvalue weighted by Gasteiger charge is -2.11. The predicted molar refractivity (Wildman–Crippen MR) is 79.1 cm³/mol. The van der Waals surface area contributed by atoms with Crippen LogP contribution in [0.3, 0.4) is 0 Å². The van der Waals surface area contributed by atoms with Gasteiger partial charge in [0.2, 0.25) is 0 Å². The zero-order valence-electron chi connectivity index (χ0n) is 11.0. The van der Waals surface area contributed by atoms with Gasteiger partial charge in [-0.2, -0.15) is 0 Å². The van der Waals surface area contributed by atoms with Crippen LogP contribution >= 0.6 is 0 Å². The Morgan fingerprint density at radius 3 is 2.55 bits per heavy atom. The van der Waals surface area contributed by atoms with Gasteiger partial charge in [-0.1, -0.05) is 42.5 Å². The SMILES string of the molecule is [CH2]c1cc(OCc2ccccc2)c2cc(F)ccc2c1. The normalized spacial score (nSPS) is 10.7. The van der Waals surface area contributed by atoms with E-state index in [-0.39, 0.29) is 5.82 Å². The van der Waals surface area contributed by atoms with E-state index in [1.807, 2.05) is 42.5 Å². The van der Waals surface area contributed by atoms with Crippen molar-refractivity contribution in [3.8, 4) is 5.75 Å². The van der Waals surface area contributed by atoms with Crippen molar-refractivity contribution < 1.29 is 9.13 Å². The highest BCUT2D eigenvalue weighted by Gasteiger charge is 2.05. The molecule has 0 aromatic heterocycles. The molecule has 0 fully saturated rings. The van der Waals surface area contributed by atoms with Crippen LogP contribution in [-0.4, -0.2) is 0 Å². The maximum atomic E-state index is 13.4. The summed E-state index contributed by atoms with van der Waals surface area (Å²) in [5, 5.41) is 1.70. The van der Waals surface area contributed by atoms with Crippen LogP contribution in [0.15, 0.2) is 60.7 Å². The van der Waals surface area contributed by atoms with E-state index in [4.69, 9.17) is 4.74 Å². The molecule has 0 aliphatic rings. The summed E-state index contributed by atoms with van der Waals surface area (Å²) < 4.78 is 19.2. The first-order chi connectivity index (χ1) is 9.72. The molecule has 0 saturated heterocycles. The largest absolute Gasteiger partial charge is 0.488 e. The molecule has 0 heterocycles. The number of halogens is 1. The van der Waals surface area contributed by atoms with Gasteiger partial charge in [-0.05, 0) is 41.6 Å². The van der Waals surface area contributed by atoms with Crippen LogP contribution in [0.5, 0.6) is 5.75 Å². The van der Waals surface area contributed by atoms with Crippen LogP contribution in [0.25, 0.3) is 10.8 Å². The summed E-state index contributed by atoms with van der Waals surface area (Å²) in [5.74, 6) is 0.398. The van der Waals surface area contributed by atoms with Crippen molar-refractivity contribution in [3.05, 3.63) is 84.5 Å². The Morgan fingerprint density at radius 1 is 0.950 bits per heavy atom. The first-order valence-electron chi connectivity index (χ1n) is 6.44. The summed E-state index contributed by atoms with van der Waals surface area (Å²) in [5.41, 5.74) is 1.93. The fourth-order valence-electron chi connectivity index (χ4n) is 2.21. The van der Waals surface area contributed by atoms with Gasteiger partial charge in [0.05, 0.1) is 0 Å². The molecule has 0 amide bonds. The summed E-state index contributed by atoms with van der Waals surface area (Å²) in [7, 11) is 0. The van der Waals surface area contributed by atoms with Crippen molar-refractivity contribution in [1.82, 2.24) is 0 Å². The standard InChI is InChI=1S/C18H14FO/c1-13-9-15-7-8-16(19)11-17(15)18(10-13)20-12-14-5-3-2-4-6-14/h2-11H,1,12H2. The van der Waals surface area contributed by atoms with E-state index in [0.29, 0.717) is 12.4 Å². The molecule has 0 spiro atoms. The molecular weight excluding hydrogens is 251 g/mol. The molecule has 1 nitrogen and oxygen atoms in total. The molecule has 2 heteroatoms. The van der Waals surface area contributed by atoms with Gasteiger partial charge in [0, 0.05) is 5.39 Å². The fraction of sp³-hybridized carbons (Fsp3) is 0.0556. The first kappa shape index (κ1) is 12.7. The Hall–Kier alpha value is -2.35. The minimum Gasteiger partial charge on any atom is -0.488 e. The van der Waals surface area contributed by atoms with Crippen LogP contribution in [0.1, 0.15) is 11.1 Å². The maximum Gasteiger partial charge on any atom is 0.128 e. The number of hydrogen-bond acceptors (Lipinski definition) is 1. The third-order valence-corrected chi connectivity index (χ3v) is 3.18. The molecule has 20 heavy (non-hydrogen) atoms. The fourth-order valence-corrected chi connectivity index (χ4v) is 2.21. The minimum atomic E-state index is -0.265. The summed E-state index contributed by atoms with van der Waals surface area (Å²) in [6, 6.07) is 18.3. The molecule has 0 atom stereocenters. The summed E-state index contributed by atoms with van der Waals surface area (Å²) in [6.45, 7) is 4.39. The molecule has 99 valence electrons. The minimum absolute atomic E-state index is 0.265. The van der Waals surface area contributed by atoms with Crippen molar-refractivity contribution in [1.29, 1.82) is 0 Å². The van der Waals surface area contributed by atoms with E-state index in [1.165, 1.54) is 12.1 Å². The molecule has 3 aromatic carbocycles. The van der Waals surface area contributed by atoms with E-state index >= 15 is 0 Å². The molecule has 3 aromatic rings. The van der Waals surface area contributed by atoms with Crippen LogP contribution < -0.4 is 4.74 Å². The number of benzene rings is 3. The van der Waals surface area contributed by atoms with E-state index in [0.717, 1.165) is 21.9 Å². The Morgan fingerprint density at radius 2 is 1.75 bits per heavy atom. The Balaban J connectivity index is 1.96. The van der Waals surface area contributed by atoms with Crippen molar-refractivity contribution in [2.24, 2.45) is 0 Å². The Kier molecular flexibility index (Phi) is 3.38. The van der Waals surface area contributed by atoms with Crippen LogP contribution in [-0.2, 0) is 6.61 Å². The molecule has 0 bridgehead atoms. The van der Waals surface area contributed by atoms with Crippen LogP contribution in [0.4, 0.5) is 4.39 Å². The topological polar surface area (TPSA) is 9.23 Å². The molecule has 0 saturated carbocycles. The van der Waals surface area contributed by atoms with Crippen molar-refractivity contribution in [2.45, 2.75) is 6.61 Å². The van der Waals surface area contributed by atoms with E-state index < -0.39 is 0 Å². The van der Waals surface area contributed by atoms with Gasteiger partial charge in [-0.25, -0.2) is 4.39 Å². The second kappa shape index (κ2) is 5.33. The molecule has 3 rings (SSSR count). The second-order valence-corrected chi connectivity index (χ2v) is 4.73. The third-order valence-electron chi connectivity index (χ3n) is 3.18. The molecule has 0 aliphatic heterocycles. The number of fused-ring (bicyclic) bond motifs is 1. The Bertz CT molecular complexity index is 735. The van der Waals surface area contributed by atoms with Crippen molar-refractivity contribution >= 4 is 10.8 Å². The summed E-state index contributed by atoms with van der Waals surface area (Å²) >= 11 is 0. The average Bonchev–Trinajstić information content (AvgIpc) is 2.46. The monoisotopic (exact) mass is 265 g/mol. The van der Waals surface area contributed by atoms with Gasteiger partial charge in [0.25, 0.3) is 0 Å². The van der Waals surface area contributed by atoms with Gasteiger partial charge in [-0.3, -0.25) is 0 Å². The lowest BCUT2D eigenvalue weighted by molar-refractivity contribution is 0.310. The van der Waals surface area contributed by atoms with Gasteiger partial charge in [0.1, 0.15) is 18.2 Å². The predicted octanol–water partition coefficient (Wildman–Crippen LogP) is 4.74. The van der Waals surface area contributed by atoms with Gasteiger partial charge in [0.15, 0.2) is 0 Å². The van der Waals surface area contributed by atoms with Gasteiger partial charge in [-0.15, -0.1) is 0 Å². The van der Waals surface area contributed by atoms with Crippen molar-refractivity contribution in [3.63, 3.8) is 0 Å². The number of ether oxygens (including phenoxy) is 1. The average molecular weight is 265 g/mol. The van der Waals surface area contributed by atoms with Gasteiger partial charge < -0.3 is 4.74 Å². The summed E-state index contributed by atoms with van der Waals surface area (Å²) in [6.07, 6.45) is 0. The molecule has 0 unspecified atom stereocenters. The molecule has 0 N–H and O–H groups in total. The molecular formula is C18H14FO. The summed E-state index contributed by atoms with van der Waals surface area (Å²) in [4.78, 5) is 0. The van der Waals surface area contributed by atoms with Crippen molar-refractivity contribution in [2.75, 3.05) is 0 Å². The number of hydrogen-bond donors (Lipinski definition) is 0. The highest BCUT2D eigenvalue weighted by Crippen LogP contribution is 2.29. The maximum absolute atomic E-state index is 13.4. The van der Waals surface area contributed by atoms with E-state index in [2.05, 4.69) is 6.92 Å². The first-order valence-corrected chi connectivity index (χ1v) is 6.44. The molecule has 1 radical (unpaired) electrons. The number of rotatable bonds is 3. The second-order valence-electron chi connectivity index (χ2n) is 4.73. The zero-order valence-corrected chi connectivity index (χ0v) is 11.0. The zero-order chi connectivity index (χ0) is 13.9. The lowest BCUT2D eigenvalue weighted by Crippen LogP contribution is -1.96. The van der Waals surface area contributed by atoms with E-state index in [9.17, 15) is 4.39 Å². The van der Waals surface area contributed by atoms with Crippen LogP contribution in [0, 0.1) is 12.7 Å². The highest BCUT2D eigenvalue weighted by molar-refractivity contribution is 5.89. The molecule has 0 aliphatic carbocycles. The lowest BCUT2D eigenvalue weighted by atomic mass is 10.1. The van der Waals surface area contributed by atoms with Crippen LogP contribution in [0.2, 0.25) is 0 Å². The highest BCUT2D eigenvalue weighted by atomic mass is 19.1. The smallest absolute Gasteiger partial charge is 0.128 e. The van der Waals surface area contributed by atoms with Gasteiger partial charge >= 0.3 is 0 Å².